The number of rotatable bonds is 6. The van der Waals surface area contributed by atoms with Gasteiger partial charge in [-0.2, -0.15) is 0 Å². The van der Waals surface area contributed by atoms with Gasteiger partial charge in [-0.15, -0.1) is 0 Å². The highest BCUT2D eigenvalue weighted by molar-refractivity contribution is 5.80. The van der Waals surface area contributed by atoms with Crippen LogP contribution in [0.1, 0.15) is 25.0 Å². The fourth-order valence-corrected chi connectivity index (χ4v) is 3.49. The van der Waals surface area contributed by atoms with E-state index in [9.17, 15) is 4.39 Å². The van der Waals surface area contributed by atoms with Crippen molar-refractivity contribution in [3.8, 4) is 0 Å². The summed E-state index contributed by atoms with van der Waals surface area (Å²) in [7, 11) is 1.76. The smallest absolute Gasteiger partial charge is 0.191 e. The van der Waals surface area contributed by atoms with E-state index in [0.29, 0.717) is 13.1 Å². The van der Waals surface area contributed by atoms with E-state index in [4.69, 9.17) is 4.74 Å². The molecule has 1 aliphatic rings. The van der Waals surface area contributed by atoms with Crippen molar-refractivity contribution in [3.63, 3.8) is 0 Å². The van der Waals surface area contributed by atoms with E-state index in [0.717, 1.165) is 37.8 Å². The fraction of sp³-hybridized carbons (Fsp3) is 0.435. The second-order valence-corrected chi connectivity index (χ2v) is 7.90. The van der Waals surface area contributed by atoms with Gasteiger partial charge in [-0.25, -0.2) is 4.39 Å². The molecule has 0 saturated carbocycles. The number of benzene rings is 2. The van der Waals surface area contributed by atoms with E-state index in [1.54, 1.807) is 19.2 Å². The number of aliphatic imine (C=N–C) groups is 1. The quantitative estimate of drug-likeness (QED) is 0.579. The number of morpholine rings is 1. The minimum atomic E-state index is -0.231. The summed E-state index contributed by atoms with van der Waals surface area (Å²) in [6.45, 7) is 8.85. The van der Waals surface area contributed by atoms with Crippen molar-refractivity contribution in [2.24, 2.45) is 4.99 Å². The van der Waals surface area contributed by atoms with Crippen LogP contribution in [0.15, 0.2) is 53.5 Å². The highest BCUT2D eigenvalue weighted by Gasteiger charge is 2.21. The summed E-state index contributed by atoms with van der Waals surface area (Å²) in [4.78, 5) is 6.71. The van der Waals surface area contributed by atoms with Gasteiger partial charge in [0.25, 0.3) is 0 Å². The van der Waals surface area contributed by atoms with Gasteiger partial charge < -0.3 is 20.3 Å². The molecule has 0 amide bonds. The number of nitrogens with zero attached hydrogens (tertiary/aromatic N) is 2. The zero-order valence-corrected chi connectivity index (χ0v) is 17.5. The van der Waals surface area contributed by atoms with Crippen molar-refractivity contribution in [2.75, 3.05) is 44.8 Å². The Morgan fingerprint density at radius 1 is 1.10 bits per heavy atom. The molecule has 0 aliphatic carbocycles. The van der Waals surface area contributed by atoms with Crippen LogP contribution < -0.4 is 15.5 Å². The predicted octanol–water partition coefficient (Wildman–Crippen LogP) is 3.31. The lowest BCUT2D eigenvalue weighted by Gasteiger charge is -2.31. The Kier molecular flexibility index (Phi) is 7.09. The molecule has 1 heterocycles. The molecule has 0 unspecified atom stereocenters. The topological polar surface area (TPSA) is 48.9 Å². The molecule has 1 saturated heterocycles. The van der Waals surface area contributed by atoms with Gasteiger partial charge in [-0.05, 0) is 29.3 Å². The first-order valence-corrected chi connectivity index (χ1v) is 10.1. The van der Waals surface area contributed by atoms with E-state index in [-0.39, 0.29) is 11.2 Å². The molecule has 6 heteroatoms. The maximum atomic E-state index is 13.6. The standard InChI is InChI=1S/C23H31FN4O/c1-23(2,19-8-6-9-20(24)15-19)17-27-22(25-3)26-16-18-7-4-5-10-21(18)28-11-13-29-14-12-28/h4-10,15H,11-14,16-17H2,1-3H3,(H2,25,26,27). The lowest BCUT2D eigenvalue weighted by Crippen LogP contribution is -2.43. The number of halogens is 1. The Bertz CT molecular complexity index is 831. The van der Waals surface area contributed by atoms with Crippen molar-refractivity contribution in [1.29, 1.82) is 0 Å². The fourth-order valence-electron chi connectivity index (χ4n) is 3.49. The summed E-state index contributed by atoms with van der Waals surface area (Å²) < 4.78 is 19.1. The third-order valence-electron chi connectivity index (χ3n) is 5.32. The van der Waals surface area contributed by atoms with Crippen LogP contribution in [0.3, 0.4) is 0 Å². The number of anilines is 1. The normalized spacial score (nSPS) is 15.3. The number of ether oxygens (including phenoxy) is 1. The predicted molar refractivity (Wildman–Crippen MR) is 117 cm³/mol. The van der Waals surface area contributed by atoms with Crippen LogP contribution >= 0.6 is 0 Å². The Hall–Kier alpha value is -2.60. The molecule has 0 aromatic heterocycles. The first-order valence-electron chi connectivity index (χ1n) is 10.1. The van der Waals surface area contributed by atoms with Crippen molar-refractivity contribution in [1.82, 2.24) is 10.6 Å². The van der Waals surface area contributed by atoms with Crippen molar-refractivity contribution >= 4 is 11.6 Å². The van der Waals surface area contributed by atoms with Crippen molar-refractivity contribution in [2.45, 2.75) is 25.8 Å². The van der Waals surface area contributed by atoms with Gasteiger partial charge in [0.05, 0.1) is 13.2 Å². The van der Waals surface area contributed by atoms with E-state index < -0.39 is 0 Å². The van der Waals surface area contributed by atoms with Crippen LogP contribution in [0.4, 0.5) is 10.1 Å². The summed E-state index contributed by atoms with van der Waals surface area (Å²) in [6, 6.07) is 15.2. The number of hydrogen-bond acceptors (Lipinski definition) is 3. The lowest BCUT2D eigenvalue weighted by molar-refractivity contribution is 0.122. The van der Waals surface area contributed by atoms with E-state index in [1.165, 1.54) is 17.3 Å². The summed E-state index contributed by atoms with van der Waals surface area (Å²) in [5, 5.41) is 6.79. The summed E-state index contributed by atoms with van der Waals surface area (Å²) in [6.07, 6.45) is 0. The second kappa shape index (κ2) is 9.74. The first-order chi connectivity index (χ1) is 14.0. The van der Waals surface area contributed by atoms with Gasteiger partial charge >= 0.3 is 0 Å². The van der Waals surface area contributed by atoms with Gasteiger partial charge in [-0.3, -0.25) is 4.99 Å². The highest BCUT2D eigenvalue weighted by atomic mass is 19.1. The third kappa shape index (κ3) is 5.70. The molecule has 0 radical (unpaired) electrons. The minimum Gasteiger partial charge on any atom is -0.378 e. The van der Waals surface area contributed by atoms with E-state index in [1.807, 2.05) is 6.07 Å². The van der Waals surface area contributed by atoms with Gasteiger partial charge in [-0.1, -0.05) is 44.2 Å². The van der Waals surface area contributed by atoms with Gasteiger partial charge in [0, 0.05) is 44.3 Å². The zero-order chi connectivity index (χ0) is 20.7. The largest absolute Gasteiger partial charge is 0.378 e. The van der Waals surface area contributed by atoms with Crippen LogP contribution in [0.5, 0.6) is 0 Å². The maximum absolute atomic E-state index is 13.6. The molecule has 156 valence electrons. The Morgan fingerprint density at radius 3 is 2.59 bits per heavy atom. The Balaban J connectivity index is 1.60. The average molecular weight is 399 g/mol. The third-order valence-corrected chi connectivity index (χ3v) is 5.32. The van der Waals surface area contributed by atoms with Crippen LogP contribution in [0.25, 0.3) is 0 Å². The molecule has 2 aromatic carbocycles. The maximum Gasteiger partial charge on any atom is 0.191 e. The van der Waals surface area contributed by atoms with E-state index >= 15 is 0 Å². The molecule has 1 fully saturated rings. The summed E-state index contributed by atoms with van der Waals surface area (Å²) in [5.74, 6) is 0.518. The molecule has 5 nitrogen and oxygen atoms in total. The lowest BCUT2D eigenvalue weighted by atomic mass is 9.84. The highest BCUT2D eigenvalue weighted by Crippen LogP contribution is 2.23. The minimum absolute atomic E-state index is 0.210. The molecule has 1 aliphatic heterocycles. The summed E-state index contributed by atoms with van der Waals surface area (Å²) in [5.41, 5.74) is 3.18. The van der Waals surface area contributed by atoms with Crippen LogP contribution in [-0.2, 0) is 16.7 Å². The molecular weight excluding hydrogens is 367 g/mol. The SMILES string of the molecule is CN=C(NCc1ccccc1N1CCOCC1)NCC(C)(C)c1cccc(F)c1. The van der Waals surface area contributed by atoms with Crippen LogP contribution in [-0.4, -0.2) is 45.9 Å². The summed E-state index contributed by atoms with van der Waals surface area (Å²) >= 11 is 0. The average Bonchev–Trinajstić information content (AvgIpc) is 2.75. The monoisotopic (exact) mass is 398 g/mol. The van der Waals surface area contributed by atoms with E-state index in [2.05, 4.69) is 58.6 Å². The van der Waals surface area contributed by atoms with Crippen molar-refractivity contribution < 1.29 is 9.13 Å². The first kappa shape index (κ1) is 21.1. The Morgan fingerprint density at radius 2 is 1.86 bits per heavy atom. The molecule has 2 aromatic rings. The van der Waals surface area contributed by atoms with Gasteiger partial charge in [0.15, 0.2) is 5.96 Å². The van der Waals surface area contributed by atoms with Crippen LogP contribution in [0.2, 0.25) is 0 Å². The molecule has 29 heavy (non-hydrogen) atoms. The molecule has 0 spiro atoms. The zero-order valence-electron chi connectivity index (χ0n) is 17.5. The molecule has 2 N–H and O–H groups in total. The number of hydrogen-bond donors (Lipinski definition) is 2. The van der Waals surface area contributed by atoms with Gasteiger partial charge in [0.2, 0.25) is 0 Å². The molecule has 3 rings (SSSR count). The Labute approximate surface area is 173 Å². The van der Waals surface area contributed by atoms with Crippen LogP contribution in [0, 0.1) is 5.82 Å². The number of para-hydroxylation sites is 1. The molecular formula is C23H31FN4O. The second-order valence-electron chi connectivity index (χ2n) is 7.90. The number of guanidine groups is 1. The number of nitrogens with one attached hydrogen (secondary N) is 2. The molecule has 0 bridgehead atoms. The van der Waals surface area contributed by atoms with Crippen molar-refractivity contribution in [3.05, 3.63) is 65.5 Å². The molecule has 0 atom stereocenters. The van der Waals surface area contributed by atoms with Gasteiger partial charge in [0.1, 0.15) is 5.82 Å².